The van der Waals surface area contributed by atoms with E-state index in [4.69, 9.17) is 4.74 Å². The molecule has 1 aliphatic heterocycles. The van der Waals surface area contributed by atoms with Gasteiger partial charge in [-0.05, 0) is 31.7 Å². The van der Waals surface area contributed by atoms with Gasteiger partial charge in [0.25, 0.3) is 5.91 Å². The average molecular weight is 289 g/mol. The number of carbonyl (C=O) groups excluding carboxylic acids is 1. The summed E-state index contributed by atoms with van der Waals surface area (Å²) in [5.41, 5.74) is 1.95. The smallest absolute Gasteiger partial charge is 0.253 e. The summed E-state index contributed by atoms with van der Waals surface area (Å²) in [4.78, 5) is 14.3. The fraction of sp³-hybridized carbons (Fsp3) is 0.471. The quantitative estimate of drug-likeness (QED) is 0.873. The van der Waals surface area contributed by atoms with Crippen molar-refractivity contribution in [3.63, 3.8) is 0 Å². The lowest BCUT2D eigenvalue weighted by Crippen LogP contribution is -2.37. The van der Waals surface area contributed by atoms with E-state index >= 15 is 0 Å². The van der Waals surface area contributed by atoms with E-state index in [1.165, 1.54) is 5.56 Å². The van der Waals surface area contributed by atoms with Gasteiger partial charge in [-0.2, -0.15) is 0 Å². The number of ether oxygens (including phenoxy) is 1. The van der Waals surface area contributed by atoms with Crippen molar-refractivity contribution in [1.82, 2.24) is 4.90 Å². The second kappa shape index (κ2) is 7.84. The number of hydrogen-bond acceptors (Lipinski definition) is 3. The number of amides is 1. The summed E-state index contributed by atoms with van der Waals surface area (Å²) in [5.74, 6) is 0.728. The van der Waals surface area contributed by atoms with E-state index in [9.17, 15) is 9.90 Å². The Hall–Kier alpha value is -1.81. The second-order valence-corrected chi connectivity index (χ2v) is 5.24. The molecule has 1 aromatic carbocycles. The molecule has 0 unspecified atom stereocenters. The maximum Gasteiger partial charge on any atom is 0.253 e. The Kier molecular flexibility index (Phi) is 5.81. The van der Waals surface area contributed by atoms with Crippen LogP contribution < -0.4 is 0 Å². The predicted octanol–water partition coefficient (Wildman–Crippen LogP) is 2.13. The lowest BCUT2D eigenvalue weighted by molar-refractivity contribution is -0.128. The van der Waals surface area contributed by atoms with E-state index in [-0.39, 0.29) is 12.5 Å². The van der Waals surface area contributed by atoms with E-state index < -0.39 is 0 Å². The Bertz CT molecular complexity index is 496. The van der Waals surface area contributed by atoms with Crippen molar-refractivity contribution in [3.8, 4) is 0 Å². The number of rotatable bonds is 6. The van der Waals surface area contributed by atoms with Crippen LogP contribution in [0.1, 0.15) is 25.3 Å². The summed E-state index contributed by atoms with van der Waals surface area (Å²) < 4.78 is 5.47. The van der Waals surface area contributed by atoms with Crippen LogP contribution in [0.4, 0.5) is 0 Å². The number of allylic oxidation sites excluding steroid dienone is 1. The Labute approximate surface area is 126 Å². The standard InChI is InChI=1S/C17H23NO3/c1-14-16(8-5-13-21-14)17(20)18(11-12-19)10-9-15-6-3-2-4-7-15/h2-4,6-7,19H,5,8-13H2,1H3. The van der Waals surface area contributed by atoms with Crippen molar-refractivity contribution in [2.75, 3.05) is 26.3 Å². The highest BCUT2D eigenvalue weighted by atomic mass is 16.5. The van der Waals surface area contributed by atoms with Crippen LogP contribution >= 0.6 is 0 Å². The van der Waals surface area contributed by atoms with Crippen molar-refractivity contribution in [2.24, 2.45) is 0 Å². The summed E-state index contributed by atoms with van der Waals surface area (Å²) in [5, 5.41) is 9.21. The number of aliphatic hydroxyl groups excluding tert-OH is 1. The lowest BCUT2D eigenvalue weighted by Gasteiger charge is -2.26. The van der Waals surface area contributed by atoms with Crippen molar-refractivity contribution in [3.05, 3.63) is 47.2 Å². The third kappa shape index (κ3) is 4.33. The van der Waals surface area contributed by atoms with Crippen molar-refractivity contribution < 1.29 is 14.6 Å². The molecule has 0 spiro atoms. The Balaban J connectivity index is 2.02. The Morgan fingerprint density at radius 2 is 2.05 bits per heavy atom. The number of benzene rings is 1. The molecule has 0 bridgehead atoms. The molecule has 0 saturated heterocycles. The van der Waals surface area contributed by atoms with Crippen LogP contribution in [0.3, 0.4) is 0 Å². The van der Waals surface area contributed by atoms with Gasteiger partial charge in [0.2, 0.25) is 0 Å². The van der Waals surface area contributed by atoms with Crippen LogP contribution in [0.25, 0.3) is 0 Å². The molecule has 21 heavy (non-hydrogen) atoms. The molecule has 2 rings (SSSR count). The molecule has 0 aromatic heterocycles. The Morgan fingerprint density at radius 1 is 1.29 bits per heavy atom. The first kappa shape index (κ1) is 15.6. The third-order valence-corrected chi connectivity index (χ3v) is 3.74. The minimum Gasteiger partial charge on any atom is -0.498 e. The fourth-order valence-electron chi connectivity index (χ4n) is 2.53. The molecular weight excluding hydrogens is 266 g/mol. The number of nitrogens with zero attached hydrogens (tertiary/aromatic N) is 1. The Morgan fingerprint density at radius 3 is 2.71 bits per heavy atom. The highest BCUT2D eigenvalue weighted by Gasteiger charge is 2.22. The van der Waals surface area contributed by atoms with Gasteiger partial charge in [0.1, 0.15) is 5.76 Å². The third-order valence-electron chi connectivity index (χ3n) is 3.74. The first-order valence-electron chi connectivity index (χ1n) is 7.49. The van der Waals surface area contributed by atoms with Crippen molar-refractivity contribution in [2.45, 2.75) is 26.2 Å². The van der Waals surface area contributed by atoms with Crippen LogP contribution in [0, 0.1) is 0 Å². The molecule has 0 aliphatic carbocycles. The van der Waals surface area contributed by atoms with Gasteiger partial charge in [-0.15, -0.1) is 0 Å². The zero-order valence-electron chi connectivity index (χ0n) is 12.5. The molecule has 4 nitrogen and oxygen atoms in total. The molecule has 0 fully saturated rings. The van der Waals surface area contributed by atoms with Gasteiger partial charge in [0.05, 0.1) is 18.8 Å². The SMILES string of the molecule is CC1=C(C(=O)N(CCO)CCc2ccccc2)CCCO1. The van der Waals surface area contributed by atoms with E-state index in [1.54, 1.807) is 4.90 Å². The van der Waals surface area contributed by atoms with E-state index in [0.717, 1.165) is 30.6 Å². The topological polar surface area (TPSA) is 49.8 Å². The van der Waals surface area contributed by atoms with Crippen molar-refractivity contribution in [1.29, 1.82) is 0 Å². The van der Waals surface area contributed by atoms with Gasteiger partial charge in [-0.25, -0.2) is 0 Å². The normalized spacial score (nSPS) is 14.8. The molecule has 1 aromatic rings. The van der Waals surface area contributed by atoms with Crippen LogP contribution in [0.15, 0.2) is 41.7 Å². The van der Waals surface area contributed by atoms with E-state index in [1.807, 2.05) is 25.1 Å². The molecule has 0 radical (unpaired) electrons. The lowest BCUT2D eigenvalue weighted by atomic mass is 10.1. The molecule has 0 atom stereocenters. The van der Waals surface area contributed by atoms with Crippen LogP contribution in [-0.4, -0.2) is 42.2 Å². The largest absolute Gasteiger partial charge is 0.498 e. The summed E-state index contributed by atoms with van der Waals surface area (Å²) in [6.45, 7) is 3.49. The maximum atomic E-state index is 12.6. The molecule has 1 heterocycles. The molecule has 1 aliphatic rings. The second-order valence-electron chi connectivity index (χ2n) is 5.24. The zero-order chi connectivity index (χ0) is 15.1. The van der Waals surface area contributed by atoms with Gasteiger partial charge >= 0.3 is 0 Å². The van der Waals surface area contributed by atoms with Crippen LogP contribution in [0.5, 0.6) is 0 Å². The first-order chi connectivity index (χ1) is 10.2. The summed E-state index contributed by atoms with van der Waals surface area (Å²) in [6, 6.07) is 10.1. The number of hydrogen-bond donors (Lipinski definition) is 1. The highest BCUT2D eigenvalue weighted by molar-refractivity contribution is 5.94. The molecule has 4 heteroatoms. The van der Waals surface area contributed by atoms with Gasteiger partial charge in [-0.3, -0.25) is 4.79 Å². The summed E-state index contributed by atoms with van der Waals surface area (Å²) >= 11 is 0. The summed E-state index contributed by atoms with van der Waals surface area (Å²) in [7, 11) is 0. The van der Waals surface area contributed by atoms with Crippen LogP contribution in [-0.2, 0) is 16.0 Å². The monoisotopic (exact) mass is 289 g/mol. The maximum absolute atomic E-state index is 12.6. The zero-order valence-corrected chi connectivity index (χ0v) is 12.5. The van der Waals surface area contributed by atoms with Gasteiger partial charge in [-0.1, -0.05) is 30.3 Å². The minimum absolute atomic E-state index is 0.00261. The van der Waals surface area contributed by atoms with Crippen molar-refractivity contribution >= 4 is 5.91 Å². The van der Waals surface area contributed by atoms with Crippen LogP contribution in [0.2, 0.25) is 0 Å². The van der Waals surface area contributed by atoms with E-state index in [2.05, 4.69) is 12.1 Å². The summed E-state index contributed by atoms with van der Waals surface area (Å²) in [6.07, 6.45) is 2.43. The predicted molar refractivity (Wildman–Crippen MR) is 81.7 cm³/mol. The number of carbonyl (C=O) groups is 1. The highest BCUT2D eigenvalue weighted by Crippen LogP contribution is 2.21. The number of aliphatic hydroxyl groups is 1. The first-order valence-corrected chi connectivity index (χ1v) is 7.49. The van der Waals surface area contributed by atoms with Gasteiger partial charge < -0.3 is 14.7 Å². The van der Waals surface area contributed by atoms with Gasteiger partial charge in [0.15, 0.2) is 0 Å². The molecule has 0 saturated carbocycles. The average Bonchev–Trinajstić information content (AvgIpc) is 2.52. The fourth-order valence-corrected chi connectivity index (χ4v) is 2.53. The molecule has 1 N–H and O–H groups in total. The van der Waals surface area contributed by atoms with E-state index in [0.29, 0.717) is 19.7 Å². The minimum atomic E-state index is -0.0201. The molecular formula is C17H23NO3. The van der Waals surface area contributed by atoms with Gasteiger partial charge in [0, 0.05) is 13.1 Å². The molecule has 114 valence electrons. The molecule has 1 amide bonds.